The lowest BCUT2D eigenvalue weighted by Crippen LogP contribution is -2.31. The topological polar surface area (TPSA) is 116 Å². The molecule has 0 radical (unpaired) electrons. The molecule has 0 fully saturated rings. The van der Waals surface area contributed by atoms with E-state index in [2.05, 4.69) is 37.7 Å². The molecule has 40 heavy (non-hydrogen) atoms. The molecule has 10 nitrogen and oxygen atoms in total. The van der Waals surface area contributed by atoms with Crippen molar-refractivity contribution in [2.24, 2.45) is 5.92 Å². The first-order chi connectivity index (χ1) is 19.2. The number of rotatable bonds is 10. The van der Waals surface area contributed by atoms with Crippen LogP contribution in [0.3, 0.4) is 0 Å². The summed E-state index contributed by atoms with van der Waals surface area (Å²) in [5.74, 6) is 1.93. The normalized spacial score (nSPS) is 11.9. The summed E-state index contributed by atoms with van der Waals surface area (Å²) in [7, 11) is 0. The van der Waals surface area contributed by atoms with Crippen molar-refractivity contribution in [1.29, 1.82) is 0 Å². The van der Waals surface area contributed by atoms with Crippen LogP contribution in [-0.2, 0) is 25.3 Å². The predicted molar refractivity (Wildman–Crippen MR) is 158 cm³/mol. The third-order valence-electron chi connectivity index (χ3n) is 6.91. The van der Waals surface area contributed by atoms with Gasteiger partial charge in [0, 0.05) is 23.0 Å². The summed E-state index contributed by atoms with van der Waals surface area (Å²) < 4.78 is 5.23. The third kappa shape index (κ3) is 5.57. The zero-order valence-corrected chi connectivity index (χ0v) is 24.9. The molecule has 0 spiro atoms. The molecule has 0 saturated carbocycles. The van der Waals surface area contributed by atoms with Gasteiger partial charge in [-0.1, -0.05) is 62.7 Å². The Hall–Kier alpha value is -3.44. The molecule has 210 valence electrons. The van der Waals surface area contributed by atoms with Crippen LogP contribution in [0, 0.1) is 19.8 Å². The van der Waals surface area contributed by atoms with Gasteiger partial charge in [-0.05, 0) is 55.9 Å². The standard InChI is InChI=1S/C28H33ClN8O2S/c1-6-7-8-21-17(4)30-26-33-27(34-37(26)18(21)5)40-15-22-31-24-23(35(22)13-16(2)3)25(38)32-28(39)36(24)14-19-9-11-20(29)12-10-19/h9-12,16H,6-8,13-15H2,1-5H3,(H,32,38,39). The molecule has 0 bridgehead atoms. The van der Waals surface area contributed by atoms with Crippen LogP contribution in [0.15, 0.2) is 39.0 Å². The number of aryl methyl sites for hydroxylation is 2. The molecule has 0 aliphatic heterocycles. The number of benzene rings is 1. The van der Waals surface area contributed by atoms with Crippen LogP contribution in [0.5, 0.6) is 0 Å². The van der Waals surface area contributed by atoms with Gasteiger partial charge in [-0.15, -0.1) is 5.10 Å². The van der Waals surface area contributed by atoms with E-state index in [4.69, 9.17) is 26.7 Å². The van der Waals surface area contributed by atoms with Crippen molar-refractivity contribution in [2.75, 3.05) is 0 Å². The largest absolute Gasteiger partial charge is 0.330 e. The lowest BCUT2D eigenvalue weighted by molar-refractivity contribution is 0.522. The Bertz CT molecular complexity index is 1800. The maximum absolute atomic E-state index is 13.0. The highest BCUT2D eigenvalue weighted by atomic mass is 35.5. The molecule has 4 heterocycles. The first-order valence-corrected chi connectivity index (χ1v) is 14.8. The van der Waals surface area contributed by atoms with Gasteiger partial charge in [0.1, 0.15) is 5.82 Å². The number of imidazole rings is 1. The fourth-order valence-corrected chi connectivity index (χ4v) is 5.79. The maximum Gasteiger partial charge on any atom is 0.330 e. The third-order valence-corrected chi connectivity index (χ3v) is 7.99. The van der Waals surface area contributed by atoms with E-state index in [0.717, 1.165) is 36.2 Å². The second-order valence-corrected chi connectivity index (χ2v) is 11.8. The van der Waals surface area contributed by atoms with Crippen LogP contribution in [0.4, 0.5) is 0 Å². The summed E-state index contributed by atoms with van der Waals surface area (Å²) in [5.41, 5.74) is 3.92. The number of aromatic amines is 1. The zero-order chi connectivity index (χ0) is 28.6. The van der Waals surface area contributed by atoms with Crippen LogP contribution in [0.2, 0.25) is 5.02 Å². The molecule has 1 aromatic carbocycles. The van der Waals surface area contributed by atoms with Crippen molar-refractivity contribution in [3.05, 3.63) is 78.5 Å². The Morgan fingerprint density at radius 1 is 1.05 bits per heavy atom. The second-order valence-electron chi connectivity index (χ2n) is 10.4. The van der Waals surface area contributed by atoms with Crippen molar-refractivity contribution >= 4 is 40.3 Å². The fraction of sp³-hybridized carbons (Fsp3) is 0.429. The van der Waals surface area contributed by atoms with Gasteiger partial charge in [0.2, 0.25) is 5.16 Å². The number of nitrogens with zero attached hydrogens (tertiary/aromatic N) is 7. The van der Waals surface area contributed by atoms with Crippen molar-refractivity contribution in [3.8, 4) is 0 Å². The summed E-state index contributed by atoms with van der Waals surface area (Å²) >= 11 is 7.47. The van der Waals surface area contributed by atoms with Crippen LogP contribution in [0.25, 0.3) is 16.9 Å². The van der Waals surface area contributed by atoms with Gasteiger partial charge < -0.3 is 4.57 Å². The van der Waals surface area contributed by atoms with Gasteiger partial charge in [0.05, 0.1) is 12.3 Å². The van der Waals surface area contributed by atoms with Gasteiger partial charge >= 0.3 is 5.69 Å². The Morgan fingerprint density at radius 3 is 2.50 bits per heavy atom. The number of H-pyrrole nitrogens is 1. The lowest BCUT2D eigenvalue weighted by Gasteiger charge is -2.11. The summed E-state index contributed by atoms with van der Waals surface area (Å²) in [6.45, 7) is 11.3. The van der Waals surface area contributed by atoms with E-state index < -0.39 is 11.2 Å². The molecule has 0 saturated heterocycles. The van der Waals surface area contributed by atoms with Crippen LogP contribution in [-0.4, -0.2) is 38.7 Å². The quantitative estimate of drug-likeness (QED) is 0.233. The van der Waals surface area contributed by atoms with E-state index in [1.165, 1.54) is 21.9 Å². The number of aromatic nitrogens is 8. The maximum atomic E-state index is 13.0. The molecule has 1 N–H and O–H groups in total. The number of nitrogens with one attached hydrogen (secondary N) is 1. The molecule has 0 atom stereocenters. The smallest absolute Gasteiger partial charge is 0.321 e. The molecule has 5 aromatic rings. The molecular formula is C28H33ClN8O2S. The van der Waals surface area contributed by atoms with Gasteiger partial charge in [-0.3, -0.25) is 14.3 Å². The molecule has 12 heteroatoms. The lowest BCUT2D eigenvalue weighted by atomic mass is 10.1. The number of thioether (sulfide) groups is 1. The molecular weight excluding hydrogens is 548 g/mol. The summed E-state index contributed by atoms with van der Waals surface area (Å²) in [5, 5.41) is 5.92. The predicted octanol–water partition coefficient (Wildman–Crippen LogP) is 4.93. The Labute approximate surface area is 240 Å². The highest BCUT2D eigenvalue weighted by molar-refractivity contribution is 7.98. The fourth-order valence-electron chi connectivity index (χ4n) is 4.90. The summed E-state index contributed by atoms with van der Waals surface area (Å²) in [4.78, 5) is 42.6. The van der Waals surface area contributed by atoms with E-state index in [-0.39, 0.29) is 12.5 Å². The molecule has 0 unspecified atom stereocenters. The average molecular weight is 581 g/mol. The Kier molecular flexibility index (Phi) is 8.14. The number of halogens is 1. The number of hydrogen-bond acceptors (Lipinski definition) is 7. The van der Waals surface area contributed by atoms with E-state index in [1.54, 1.807) is 12.1 Å². The van der Waals surface area contributed by atoms with Crippen LogP contribution >= 0.6 is 23.4 Å². The minimum atomic E-state index is -0.501. The van der Waals surface area contributed by atoms with Crippen molar-refractivity contribution in [2.45, 2.75) is 77.9 Å². The summed E-state index contributed by atoms with van der Waals surface area (Å²) in [6.07, 6.45) is 3.17. The molecule has 0 aliphatic carbocycles. The number of fused-ring (bicyclic) bond motifs is 2. The van der Waals surface area contributed by atoms with Crippen LogP contribution < -0.4 is 11.2 Å². The second kappa shape index (κ2) is 11.6. The highest BCUT2D eigenvalue weighted by Gasteiger charge is 2.21. The van der Waals surface area contributed by atoms with Gasteiger partial charge in [0.15, 0.2) is 11.2 Å². The minimum Gasteiger partial charge on any atom is -0.321 e. The van der Waals surface area contributed by atoms with Crippen LogP contribution in [0.1, 0.15) is 62.0 Å². The molecule has 5 rings (SSSR count). The number of unbranched alkanes of at least 4 members (excludes halogenated alkanes) is 1. The average Bonchev–Trinajstić information content (AvgIpc) is 3.47. The van der Waals surface area contributed by atoms with E-state index >= 15 is 0 Å². The SMILES string of the molecule is CCCCc1c(C)nc2nc(SCc3nc4c(c(=O)[nH]c(=O)n4Cc4ccc(Cl)cc4)n3CC(C)C)nn2c1C. The zero-order valence-electron chi connectivity index (χ0n) is 23.4. The monoisotopic (exact) mass is 580 g/mol. The van der Waals surface area contributed by atoms with Crippen molar-refractivity contribution in [3.63, 3.8) is 0 Å². The van der Waals surface area contributed by atoms with Crippen molar-refractivity contribution in [1.82, 2.24) is 38.7 Å². The Balaban J connectivity index is 1.52. The van der Waals surface area contributed by atoms with E-state index in [9.17, 15) is 9.59 Å². The molecule has 0 amide bonds. The minimum absolute atomic E-state index is 0.252. The van der Waals surface area contributed by atoms with E-state index in [0.29, 0.717) is 45.2 Å². The summed E-state index contributed by atoms with van der Waals surface area (Å²) in [6, 6.07) is 7.26. The van der Waals surface area contributed by atoms with E-state index in [1.807, 2.05) is 28.1 Å². The first kappa shape index (κ1) is 28.1. The molecule has 0 aliphatic rings. The number of hydrogen-bond donors (Lipinski definition) is 1. The first-order valence-electron chi connectivity index (χ1n) is 13.5. The van der Waals surface area contributed by atoms with Gasteiger partial charge in [-0.2, -0.15) is 4.98 Å². The molecule has 4 aromatic heterocycles. The van der Waals surface area contributed by atoms with Crippen molar-refractivity contribution < 1.29 is 0 Å². The van der Waals surface area contributed by atoms with Gasteiger partial charge in [-0.25, -0.2) is 19.3 Å². The Morgan fingerprint density at radius 2 is 1.80 bits per heavy atom. The van der Waals surface area contributed by atoms with Gasteiger partial charge in [0.25, 0.3) is 11.3 Å². The highest BCUT2D eigenvalue weighted by Crippen LogP contribution is 2.25.